The first-order valence-electron chi connectivity index (χ1n) is 8.17. The van der Waals surface area contributed by atoms with Gasteiger partial charge in [-0.3, -0.25) is 4.90 Å². The summed E-state index contributed by atoms with van der Waals surface area (Å²) in [7, 11) is 0. The lowest BCUT2D eigenvalue weighted by atomic mass is 10.0. The summed E-state index contributed by atoms with van der Waals surface area (Å²) in [6, 6.07) is 1.09. The third-order valence-electron chi connectivity index (χ3n) is 4.03. The van der Waals surface area contributed by atoms with Gasteiger partial charge in [0.2, 0.25) is 0 Å². The van der Waals surface area contributed by atoms with Crippen molar-refractivity contribution in [3.63, 3.8) is 0 Å². The Labute approximate surface area is 144 Å². The lowest BCUT2D eigenvalue weighted by molar-refractivity contribution is 0.0220. The number of carboxylic acids is 1. The van der Waals surface area contributed by atoms with Crippen molar-refractivity contribution in [3.8, 4) is 0 Å². The highest BCUT2D eigenvalue weighted by atomic mass is 16.6. The number of aromatic nitrogens is 2. The molecule has 134 valence electrons. The highest BCUT2D eigenvalue weighted by Crippen LogP contribution is 2.37. The average molecular weight is 347 g/mol. The van der Waals surface area contributed by atoms with E-state index in [1.807, 2.05) is 0 Å². The number of ether oxygens (including phenoxy) is 1. The van der Waals surface area contributed by atoms with Gasteiger partial charge in [-0.25, -0.2) is 14.6 Å². The Morgan fingerprint density at radius 3 is 2.76 bits per heavy atom. The van der Waals surface area contributed by atoms with E-state index in [2.05, 4.69) is 10.1 Å². The number of nitrogens with zero attached hydrogens (tertiary/aromatic N) is 3. The zero-order valence-electron chi connectivity index (χ0n) is 14.7. The van der Waals surface area contributed by atoms with E-state index in [0.717, 1.165) is 6.42 Å². The average Bonchev–Trinajstić information content (AvgIpc) is 3.09. The molecule has 2 aromatic rings. The number of hydrogen-bond donors (Lipinski definition) is 1. The van der Waals surface area contributed by atoms with Gasteiger partial charge in [-0.2, -0.15) is 0 Å². The fraction of sp³-hybridized carbons (Fsp3) is 0.529. The highest BCUT2D eigenvalue weighted by Gasteiger charge is 2.37. The van der Waals surface area contributed by atoms with Gasteiger partial charge in [0.25, 0.3) is 5.71 Å². The number of rotatable bonds is 2. The number of fused-ring (bicyclic) bond motifs is 1. The molecule has 25 heavy (non-hydrogen) atoms. The monoisotopic (exact) mass is 347 g/mol. The SMILES string of the molecule is Cc1cc(C(=O)O)c2c(C3CCCN3C(=O)OC(C)(C)C)noc2n1. The number of hydrogen-bond acceptors (Lipinski definition) is 6. The van der Waals surface area contributed by atoms with Crippen LogP contribution in [0.25, 0.3) is 11.1 Å². The first-order chi connectivity index (χ1) is 11.7. The number of pyridine rings is 1. The van der Waals surface area contributed by atoms with Gasteiger partial charge >= 0.3 is 12.1 Å². The summed E-state index contributed by atoms with van der Waals surface area (Å²) in [6.45, 7) is 7.62. The Morgan fingerprint density at radius 2 is 2.12 bits per heavy atom. The fourth-order valence-electron chi connectivity index (χ4n) is 3.08. The Balaban J connectivity index is 2.04. The minimum atomic E-state index is -1.08. The number of carboxylic acid groups (broad SMARTS) is 1. The van der Waals surface area contributed by atoms with Crippen LogP contribution in [0.2, 0.25) is 0 Å². The van der Waals surface area contributed by atoms with Gasteiger partial charge < -0.3 is 14.4 Å². The molecule has 1 aliphatic rings. The van der Waals surface area contributed by atoms with Gasteiger partial charge in [0.05, 0.1) is 17.0 Å². The van der Waals surface area contributed by atoms with Crippen LogP contribution in [0.3, 0.4) is 0 Å². The molecule has 3 rings (SSSR count). The maximum atomic E-state index is 12.5. The van der Waals surface area contributed by atoms with Gasteiger partial charge in [-0.15, -0.1) is 0 Å². The van der Waals surface area contributed by atoms with Gasteiger partial charge in [0, 0.05) is 12.2 Å². The van der Waals surface area contributed by atoms with Crippen LogP contribution < -0.4 is 0 Å². The number of carbonyl (C=O) groups excluding carboxylic acids is 1. The lowest BCUT2D eigenvalue weighted by Gasteiger charge is -2.27. The van der Waals surface area contributed by atoms with Crippen molar-refractivity contribution < 1.29 is 24.0 Å². The third kappa shape index (κ3) is 3.29. The maximum absolute atomic E-state index is 12.5. The summed E-state index contributed by atoms with van der Waals surface area (Å²) in [5, 5.41) is 13.9. The predicted octanol–water partition coefficient (Wildman–Crippen LogP) is 3.30. The van der Waals surface area contributed by atoms with Crippen molar-refractivity contribution in [2.45, 2.75) is 52.2 Å². The van der Waals surface area contributed by atoms with Crippen molar-refractivity contribution in [1.29, 1.82) is 0 Å². The lowest BCUT2D eigenvalue weighted by Crippen LogP contribution is -2.36. The minimum Gasteiger partial charge on any atom is -0.478 e. The molecule has 1 atom stereocenters. The second-order valence-electron chi connectivity index (χ2n) is 7.20. The van der Waals surface area contributed by atoms with Gasteiger partial charge in [-0.05, 0) is 46.6 Å². The largest absolute Gasteiger partial charge is 0.478 e. The van der Waals surface area contributed by atoms with Crippen molar-refractivity contribution in [2.24, 2.45) is 0 Å². The Hall–Kier alpha value is -2.64. The molecule has 0 aliphatic carbocycles. The Morgan fingerprint density at radius 1 is 1.40 bits per heavy atom. The van der Waals surface area contributed by atoms with E-state index in [0.29, 0.717) is 29.7 Å². The first-order valence-corrected chi connectivity index (χ1v) is 8.17. The van der Waals surface area contributed by atoms with Crippen LogP contribution in [0.1, 0.15) is 61.4 Å². The zero-order chi connectivity index (χ0) is 18.4. The summed E-state index contributed by atoms with van der Waals surface area (Å²) < 4.78 is 10.7. The molecule has 1 saturated heterocycles. The fourth-order valence-corrected chi connectivity index (χ4v) is 3.08. The second-order valence-corrected chi connectivity index (χ2v) is 7.20. The summed E-state index contributed by atoms with van der Waals surface area (Å²) in [5.41, 5.74) is 0.589. The molecular weight excluding hydrogens is 326 g/mol. The van der Waals surface area contributed by atoms with Crippen molar-refractivity contribution >= 4 is 23.2 Å². The van der Waals surface area contributed by atoms with Gasteiger partial charge in [0.1, 0.15) is 11.3 Å². The van der Waals surface area contributed by atoms with Crippen LogP contribution in [0, 0.1) is 6.92 Å². The quantitative estimate of drug-likeness (QED) is 0.888. The summed E-state index contributed by atoms with van der Waals surface area (Å²) in [5.74, 6) is -1.08. The number of likely N-dealkylation sites (tertiary alicyclic amines) is 1. The molecule has 1 amide bonds. The predicted molar refractivity (Wildman–Crippen MR) is 88.4 cm³/mol. The van der Waals surface area contributed by atoms with E-state index in [1.54, 1.807) is 32.6 Å². The van der Waals surface area contributed by atoms with Crippen molar-refractivity contribution in [3.05, 3.63) is 23.0 Å². The first kappa shape index (κ1) is 17.2. The topological polar surface area (TPSA) is 106 Å². The summed E-state index contributed by atoms with van der Waals surface area (Å²) >= 11 is 0. The zero-order valence-corrected chi connectivity index (χ0v) is 14.7. The third-order valence-corrected chi connectivity index (χ3v) is 4.03. The van der Waals surface area contributed by atoms with E-state index in [1.165, 1.54) is 6.07 Å². The van der Waals surface area contributed by atoms with Crippen LogP contribution in [-0.2, 0) is 4.74 Å². The molecule has 1 fully saturated rings. The van der Waals surface area contributed by atoms with E-state index < -0.39 is 23.7 Å². The standard InChI is InChI=1S/C17H21N3O5/c1-9-8-10(15(21)22)12-13(19-25-14(12)18-9)11-6-5-7-20(11)16(23)24-17(2,3)4/h8,11H,5-7H2,1-4H3,(H,21,22). The highest BCUT2D eigenvalue weighted by molar-refractivity contribution is 6.02. The molecule has 8 heteroatoms. The molecule has 0 spiro atoms. The maximum Gasteiger partial charge on any atom is 0.410 e. The molecule has 3 heterocycles. The van der Waals surface area contributed by atoms with E-state index in [9.17, 15) is 14.7 Å². The summed E-state index contributed by atoms with van der Waals surface area (Å²) in [4.78, 5) is 29.9. The molecular formula is C17H21N3O5. The molecule has 1 aliphatic heterocycles. The van der Waals surface area contributed by atoms with Crippen LogP contribution in [-0.4, -0.2) is 44.4 Å². The van der Waals surface area contributed by atoms with Gasteiger partial charge in [-0.1, -0.05) is 5.16 Å². The Bertz CT molecular complexity index is 837. The smallest absolute Gasteiger partial charge is 0.410 e. The van der Waals surface area contributed by atoms with E-state index >= 15 is 0 Å². The Kier molecular flexibility index (Phi) is 4.14. The van der Waals surface area contributed by atoms with Crippen LogP contribution in [0.4, 0.5) is 4.79 Å². The van der Waals surface area contributed by atoms with Crippen molar-refractivity contribution in [2.75, 3.05) is 6.54 Å². The van der Waals surface area contributed by atoms with Crippen LogP contribution in [0.15, 0.2) is 10.6 Å². The van der Waals surface area contributed by atoms with Crippen molar-refractivity contribution in [1.82, 2.24) is 15.0 Å². The summed E-state index contributed by atoms with van der Waals surface area (Å²) in [6.07, 6.45) is 0.997. The molecule has 0 radical (unpaired) electrons. The molecule has 0 aromatic carbocycles. The normalized spacial score (nSPS) is 17.9. The van der Waals surface area contributed by atoms with Crippen LogP contribution in [0.5, 0.6) is 0 Å². The number of amides is 1. The van der Waals surface area contributed by atoms with E-state index in [-0.39, 0.29) is 11.3 Å². The molecule has 0 saturated carbocycles. The number of aromatic carboxylic acids is 1. The van der Waals surface area contributed by atoms with Gasteiger partial charge in [0.15, 0.2) is 0 Å². The minimum absolute atomic E-state index is 0.0785. The molecule has 0 bridgehead atoms. The number of aryl methyl sites for hydroxylation is 1. The van der Waals surface area contributed by atoms with E-state index in [4.69, 9.17) is 9.26 Å². The second kappa shape index (κ2) is 6.02. The molecule has 8 nitrogen and oxygen atoms in total. The molecule has 1 N–H and O–H groups in total. The molecule has 1 unspecified atom stereocenters. The number of carbonyl (C=O) groups is 2. The van der Waals surface area contributed by atoms with Crippen LogP contribution >= 0.6 is 0 Å². The molecule has 2 aromatic heterocycles.